The fourth-order valence-electron chi connectivity index (χ4n) is 4.37. The zero-order valence-corrected chi connectivity index (χ0v) is 14.8. The zero-order valence-electron chi connectivity index (χ0n) is 14.8. The van der Waals surface area contributed by atoms with Crippen molar-refractivity contribution >= 4 is 23.6 Å². The van der Waals surface area contributed by atoms with E-state index < -0.39 is 11.9 Å². The van der Waals surface area contributed by atoms with Gasteiger partial charge in [0.25, 0.3) is 11.8 Å². The van der Waals surface area contributed by atoms with Crippen molar-refractivity contribution in [2.75, 3.05) is 19.6 Å². The van der Waals surface area contributed by atoms with Crippen molar-refractivity contribution in [3.05, 3.63) is 34.4 Å². The summed E-state index contributed by atoms with van der Waals surface area (Å²) in [5, 5.41) is 5.52. The number of amides is 4. The highest BCUT2D eigenvalue weighted by Gasteiger charge is 2.41. The van der Waals surface area contributed by atoms with Crippen LogP contribution < -0.4 is 10.6 Å². The van der Waals surface area contributed by atoms with Gasteiger partial charge in [-0.15, -0.1) is 0 Å². The zero-order chi connectivity index (χ0) is 18.7. The van der Waals surface area contributed by atoms with Gasteiger partial charge in [-0.2, -0.15) is 0 Å². The molecule has 5 rings (SSSR count). The van der Waals surface area contributed by atoms with Crippen molar-refractivity contribution in [2.45, 2.75) is 32.0 Å². The van der Waals surface area contributed by atoms with Crippen LogP contribution >= 0.6 is 0 Å². The van der Waals surface area contributed by atoms with Gasteiger partial charge in [0.1, 0.15) is 6.04 Å². The Morgan fingerprint density at radius 2 is 1.67 bits per heavy atom. The molecule has 0 unspecified atom stereocenters. The average Bonchev–Trinajstić information content (AvgIpc) is 3.07. The van der Waals surface area contributed by atoms with Crippen LogP contribution in [-0.2, 0) is 22.7 Å². The molecule has 1 aromatic carbocycles. The lowest BCUT2D eigenvalue weighted by atomic mass is 10.0. The van der Waals surface area contributed by atoms with Crippen molar-refractivity contribution in [1.29, 1.82) is 0 Å². The standard InChI is InChI=1S/C19H20N4O4/c24-16-2-1-15(17(25)21-16)23-9-12-4-13-11(3-14(12)19(23)27)8-22(18(13)26)7-10-5-20-6-10/h3-4,10,15,20H,1-2,5-9H2,(H,21,24,25)/t15-/m0/s1. The van der Waals surface area contributed by atoms with Gasteiger partial charge in [-0.05, 0) is 29.7 Å². The number of nitrogens with zero attached hydrogens (tertiary/aromatic N) is 2. The molecule has 2 N–H and O–H groups in total. The molecule has 4 aliphatic heterocycles. The van der Waals surface area contributed by atoms with Crippen LogP contribution in [0.5, 0.6) is 0 Å². The molecular formula is C19H20N4O4. The minimum Gasteiger partial charge on any atom is -0.334 e. The monoisotopic (exact) mass is 368 g/mol. The third kappa shape index (κ3) is 2.55. The molecule has 2 saturated heterocycles. The van der Waals surface area contributed by atoms with Gasteiger partial charge in [-0.1, -0.05) is 0 Å². The van der Waals surface area contributed by atoms with Crippen LogP contribution in [0.25, 0.3) is 0 Å². The Labute approximate surface area is 155 Å². The van der Waals surface area contributed by atoms with Gasteiger partial charge in [-0.3, -0.25) is 24.5 Å². The summed E-state index contributed by atoms with van der Waals surface area (Å²) in [6.45, 7) is 3.45. The summed E-state index contributed by atoms with van der Waals surface area (Å²) in [6.07, 6.45) is 0.572. The molecule has 8 nitrogen and oxygen atoms in total. The number of rotatable bonds is 3. The molecule has 0 aliphatic carbocycles. The first-order chi connectivity index (χ1) is 13.0. The summed E-state index contributed by atoms with van der Waals surface area (Å²) in [4.78, 5) is 52.5. The molecule has 140 valence electrons. The van der Waals surface area contributed by atoms with Gasteiger partial charge in [0.15, 0.2) is 0 Å². The maximum atomic E-state index is 12.9. The number of carbonyl (C=O) groups excluding carboxylic acids is 4. The molecule has 4 heterocycles. The molecule has 4 amide bonds. The Kier molecular flexibility index (Phi) is 3.58. The normalized spacial score (nSPS) is 24.8. The van der Waals surface area contributed by atoms with Crippen LogP contribution in [0.4, 0.5) is 0 Å². The van der Waals surface area contributed by atoms with E-state index in [9.17, 15) is 19.2 Å². The Hall–Kier alpha value is -2.74. The van der Waals surface area contributed by atoms with Crippen LogP contribution in [0.3, 0.4) is 0 Å². The number of carbonyl (C=O) groups is 4. The number of nitrogens with one attached hydrogen (secondary N) is 2. The summed E-state index contributed by atoms with van der Waals surface area (Å²) >= 11 is 0. The summed E-state index contributed by atoms with van der Waals surface area (Å²) in [6, 6.07) is 3.00. The van der Waals surface area contributed by atoms with Crippen LogP contribution in [-0.4, -0.2) is 59.1 Å². The van der Waals surface area contributed by atoms with E-state index in [-0.39, 0.29) is 24.1 Å². The Morgan fingerprint density at radius 3 is 2.33 bits per heavy atom. The molecule has 1 aromatic rings. The average molecular weight is 368 g/mol. The maximum Gasteiger partial charge on any atom is 0.255 e. The minimum atomic E-state index is -0.629. The molecule has 4 aliphatic rings. The maximum absolute atomic E-state index is 12.9. The second kappa shape index (κ2) is 5.88. The minimum absolute atomic E-state index is 0.0200. The van der Waals surface area contributed by atoms with E-state index in [1.54, 1.807) is 0 Å². The summed E-state index contributed by atoms with van der Waals surface area (Å²) in [7, 11) is 0. The van der Waals surface area contributed by atoms with E-state index in [0.29, 0.717) is 36.6 Å². The molecule has 8 heteroatoms. The van der Waals surface area contributed by atoms with Crippen LogP contribution in [0.15, 0.2) is 12.1 Å². The molecule has 1 atom stereocenters. The van der Waals surface area contributed by atoms with E-state index in [0.717, 1.165) is 30.8 Å². The molecule has 0 bridgehead atoms. The first kappa shape index (κ1) is 16.4. The van der Waals surface area contributed by atoms with Crippen LogP contribution in [0.2, 0.25) is 0 Å². The lowest BCUT2D eigenvalue weighted by Crippen LogP contribution is -2.52. The Morgan fingerprint density at radius 1 is 0.963 bits per heavy atom. The predicted molar refractivity (Wildman–Crippen MR) is 93.6 cm³/mol. The summed E-state index contributed by atoms with van der Waals surface area (Å²) < 4.78 is 0. The lowest BCUT2D eigenvalue weighted by Gasteiger charge is -2.31. The number of benzene rings is 1. The van der Waals surface area contributed by atoms with Gasteiger partial charge >= 0.3 is 0 Å². The highest BCUT2D eigenvalue weighted by molar-refractivity contribution is 6.07. The second-order valence-electron chi connectivity index (χ2n) is 7.78. The second-order valence-corrected chi connectivity index (χ2v) is 7.78. The highest BCUT2D eigenvalue weighted by atomic mass is 16.2. The Bertz CT molecular complexity index is 892. The van der Waals surface area contributed by atoms with Crippen molar-refractivity contribution in [2.24, 2.45) is 5.92 Å². The first-order valence-electron chi connectivity index (χ1n) is 9.31. The summed E-state index contributed by atoms with van der Waals surface area (Å²) in [5.74, 6) is -0.397. The molecule has 0 saturated carbocycles. The molecule has 2 fully saturated rings. The number of hydrogen-bond acceptors (Lipinski definition) is 5. The van der Waals surface area contributed by atoms with E-state index in [2.05, 4.69) is 10.6 Å². The van der Waals surface area contributed by atoms with Crippen molar-refractivity contribution in [3.63, 3.8) is 0 Å². The van der Waals surface area contributed by atoms with Crippen molar-refractivity contribution in [1.82, 2.24) is 20.4 Å². The van der Waals surface area contributed by atoms with Gasteiger partial charge in [-0.25, -0.2) is 0 Å². The largest absolute Gasteiger partial charge is 0.334 e. The van der Waals surface area contributed by atoms with Crippen LogP contribution in [0.1, 0.15) is 44.7 Å². The van der Waals surface area contributed by atoms with E-state index in [1.165, 1.54) is 4.90 Å². The highest BCUT2D eigenvalue weighted by Crippen LogP contribution is 2.33. The fraction of sp³-hybridized carbons (Fsp3) is 0.474. The smallest absolute Gasteiger partial charge is 0.255 e. The summed E-state index contributed by atoms with van der Waals surface area (Å²) in [5.41, 5.74) is 2.89. The Balaban J connectivity index is 1.38. The van der Waals surface area contributed by atoms with Gasteiger partial charge in [0.05, 0.1) is 0 Å². The van der Waals surface area contributed by atoms with Gasteiger partial charge in [0.2, 0.25) is 11.8 Å². The third-order valence-electron chi connectivity index (χ3n) is 5.97. The van der Waals surface area contributed by atoms with Gasteiger partial charge < -0.3 is 15.1 Å². The number of hydrogen-bond donors (Lipinski definition) is 2. The van der Waals surface area contributed by atoms with Gasteiger partial charge in [0, 0.05) is 56.2 Å². The molecule has 0 aromatic heterocycles. The lowest BCUT2D eigenvalue weighted by molar-refractivity contribution is -0.136. The number of fused-ring (bicyclic) bond motifs is 2. The number of imide groups is 1. The van der Waals surface area contributed by atoms with E-state index >= 15 is 0 Å². The molecular weight excluding hydrogens is 348 g/mol. The molecule has 0 radical (unpaired) electrons. The van der Waals surface area contributed by atoms with E-state index in [1.807, 2.05) is 17.0 Å². The van der Waals surface area contributed by atoms with Crippen molar-refractivity contribution < 1.29 is 19.2 Å². The SMILES string of the molecule is O=C1CC[C@H](N2Cc3cc4c(cc3C2=O)CN(CC2CNC2)C4=O)C(=O)N1. The number of piperidine rings is 1. The van der Waals surface area contributed by atoms with E-state index in [4.69, 9.17) is 0 Å². The topological polar surface area (TPSA) is 98.8 Å². The molecule has 27 heavy (non-hydrogen) atoms. The quantitative estimate of drug-likeness (QED) is 0.709. The predicted octanol–water partition coefficient (Wildman–Crippen LogP) is -0.377. The first-order valence-corrected chi connectivity index (χ1v) is 9.31. The van der Waals surface area contributed by atoms with Crippen molar-refractivity contribution in [3.8, 4) is 0 Å². The third-order valence-corrected chi connectivity index (χ3v) is 5.97. The fourth-order valence-corrected chi connectivity index (χ4v) is 4.37. The molecule has 0 spiro atoms. The van der Waals surface area contributed by atoms with Crippen LogP contribution in [0, 0.1) is 5.92 Å².